The predicted octanol–water partition coefficient (Wildman–Crippen LogP) is 2.48. The Balaban J connectivity index is 0.00000576. The number of amides is 1. The standard InChI is InChI=1S/C14H20F3N5OS.HI/c1-9(2)5-18-13(20-7-12(23)22(3)4)19-6-11-21-10(8-24-11)14(15,16)17;/h8H,1,5-7H2,2-4H3,(H2,18,19,20);1H. The van der Waals surface area contributed by atoms with E-state index in [1.807, 2.05) is 6.92 Å². The molecule has 0 atom stereocenters. The second-order valence-electron chi connectivity index (χ2n) is 5.24. The highest BCUT2D eigenvalue weighted by molar-refractivity contribution is 14.0. The van der Waals surface area contributed by atoms with Crippen molar-refractivity contribution in [3.05, 3.63) is 28.2 Å². The molecule has 0 bridgehead atoms. The van der Waals surface area contributed by atoms with E-state index in [1.54, 1.807) is 14.1 Å². The molecule has 142 valence electrons. The first-order valence-electron chi connectivity index (χ1n) is 6.98. The van der Waals surface area contributed by atoms with Crippen molar-refractivity contribution in [1.29, 1.82) is 0 Å². The van der Waals surface area contributed by atoms with Gasteiger partial charge in [0.25, 0.3) is 0 Å². The number of aliphatic imine (C=N–C) groups is 1. The molecule has 0 aromatic carbocycles. The van der Waals surface area contributed by atoms with Gasteiger partial charge in [0.05, 0.1) is 6.54 Å². The third-order valence-electron chi connectivity index (χ3n) is 2.68. The van der Waals surface area contributed by atoms with Crippen molar-refractivity contribution in [3.8, 4) is 0 Å². The molecule has 0 aliphatic rings. The lowest BCUT2D eigenvalue weighted by Crippen LogP contribution is -2.38. The molecule has 6 nitrogen and oxygen atoms in total. The van der Waals surface area contributed by atoms with E-state index in [1.165, 1.54) is 4.90 Å². The Morgan fingerprint density at radius 2 is 2.04 bits per heavy atom. The molecular formula is C14H21F3IN5OS. The Bertz CT molecular complexity index is 616. The van der Waals surface area contributed by atoms with Gasteiger partial charge in [-0.3, -0.25) is 4.79 Å². The van der Waals surface area contributed by atoms with Crippen molar-refractivity contribution in [3.63, 3.8) is 0 Å². The minimum absolute atomic E-state index is 0. The number of aromatic nitrogens is 1. The molecule has 0 saturated heterocycles. The van der Waals surface area contributed by atoms with Gasteiger partial charge in [-0.1, -0.05) is 12.2 Å². The highest BCUT2D eigenvalue weighted by atomic mass is 127. The van der Waals surface area contributed by atoms with Gasteiger partial charge >= 0.3 is 6.18 Å². The summed E-state index contributed by atoms with van der Waals surface area (Å²) in [5, 5.41) is 7.03. The van der Waals surface area contributed by atoms with Gasteiger partial charge in [-0.15, -0.1) is 35.3 Å². The van der Waals surface area contributed by atoms with Crippen LogP contribution in [-0.4, -0.2) is 48.9 Å². The van der Waals surface area contributed by atoms with Crippen LogP contribution in [0.5, 0.6) is 0 Å². The fourth-order valence-electron chi connectivity index (χ4n) is 1.38. The van der Waals surface area contributed by atoms with Crippen LogP contribution in [0.25, 0.3) is 0 Å². The number of nitrogens with one attached hydrogen (secondary N) is 2. The molecule has 1 rings (SSSR count). The average molecular weight is 491 g/mol. The summed E-state index contributed by atoms with van der Waals surface area (Å²) in [6.07, 6.45) is -4.46. The van der Waals surface area contributed by atoms with Crippen LogP contribution >= 0.6 is 35.3 Å². The maximum Gasteiger partial charge on any atom is 0.434 e. The van der Waals surface area contributed by atoms with E-state index in [4.69, 9.17) is 0 Å². The first kappa shape index (κ1) is 23.6. The van der Waals surface area contributed by atoms with Gasteiger partial charge < -0.3 is 15.5 Å². The molecule has 0 spiro atoms. The van der Waals surface area contributed by atoms with E-state index in [0.717, 1.165) is 22.3 Å². The van der Waals surface area contributed by atoms with Crippen LogP contribution in [0.2, 0.25) is 0 Å². The number of nitrogens with zero attached hydrogens (tertiary/aromatic N) is 3. The van der Waals surface area contributed by atoms with Crippen molar-refractivity contribution in [2.45, 2.75) is 19.6 Å². The molecule has 1 amide bonds. The van der Waals surface area contributed by atoms with Crippen LogP contribution in [0.4, 0.5) is 13.2 Å². The van der Waals surface area contributed by atoms with E-state index in [2.05, 4.69) is 27.2 Å². The van der Waals surface area contributed by atoms with Crippen LogP contribution in [0.1, 0.15) is 17.6 Å². The van der Waals surface area contributed by atoms with Crippen LogP contribution in [-0.2, 0) is 17.5 Å². The highest BCUT2D eigenvalue weighted by Gasteiger charge is 2.33. The number of halogens is 4. The number of hydrogen-bond acceptors (Lipinski definition) is 4. The summed E-state index contributed by atoms with van der Waals surface area (Å²) >= 11 is 0.903. The third kappa shape index (κ3) is 9.05. The highest BCUT2D eigenvalue weighted by Crippen LogP contribution is 2.29. The monoisotopic (exact) mass is 491 g/mol. The third-order valence-corrected chi connectivity index (χ3v) is 3.53. The molecule has 0 radical (unpaired) electrons. The molecule has 1 aromatic heterocycles. The number of carbonyl (C=O) groups is 1. The fourth-order valence-corrected chi connectivity index (χ4v) is 2.12. The predicted molar refractivity (Wildman–Crippen MR) is 103 cm³/mol. The molecule has 2 N–H and O–H groups in total. The van der Waals surface area contributed by atoms with Crippen LogP contribution in [0, 0.1) is 0 Å². The van der Waals surface area contributed by atoms with Crippen molar-refractivity contribution in [1.82, 2.24) is 20.5 Å². The summed E-state index contributed by atoms with van der Waals surface area (Å²) in [7, 11) is 3.22. The summed E-state index contributed by atoms with van der Waals surface area (Å²) in [5.74, 6) is 0.108. The topological polar surface area (TPSA) is 69.6 Å². The molecule has 11 heteroatoms. The Kier molecular flexibility index (Phi) is 10.0. The summed E-state index contributed by atoms with van der Waals surface area (Å²) in [6.45, 7) is 5.97. The maximum absolute atomic E-state index is 12.5. The van der Waals surface area contributed by atoms with Crippen LogP contribution < -0.4 is 10.6 Å². The number of guanidine groups is 1. The van der Waals surface area contributed by atoms with E-state index >= 15 is 0 Å². The zero-order valence-corrected chi connectivity index (χ0v) is 17.3. The van der Waals surface area contributed by atoms with E-state index in [-0.39, 0.29) is 48.0 Å². The Morgan fingerprint density at radius 3 is 2.52 bits per heavy atom. The number of alkyl halides is 3. The van der Waals surface area contributed by atoms with Crippen molar-refractivity contribution in [2.75, 3.05) is 27.2 Å². The maximum atomic E-state index is 12.5. The van der Waals surface area contributed by atoms with Gasteiger partial charge in [-0.2, -0.15) is 13.2 Å². The van der Waals surface area contributed by atoms with E-state index in [9.17, 15) is 18.0 Å². The smallest absolute Gasteiger partial charge is 0.353 e. The zero-order chi connectivity index (χ0) is 18.3. The zero-order valence-electron chi connectivity index (χ0n) is 14.1. The molecule has 0 aliphatic heterocycles. The van der Waals surface area contributed by atoms with Crippen molar-refractivity contribution < 1.29 is 18.0 Å². The van der Waals surface area contributed by atoms with Gasteiger partial charge in [0.2, 0.25) is 5.91 Å². The lowest BCUT2D eigenvalue weighted by Gasteiger charge is -2.13. The Morgan fingerprint density at radius 1 is 1.40 bits per heavy atom. The summed E-state index contributed by atoms with van der Waals surface area (Å²) in [5.41, 5.74) is -0.0717. The van der Waals surface area contributed by atoms with E-state index in [0.29, 0.717) is 12.5 Å². The Hall–Kier alpha value is -1.37. The molecule has 1 heterocycles. The summed E-state index contributed by atoms with van der Waals surface area (Å²) < 4.78 is 37.6. The molecule has 0 aliphatic carbocycles. The Labute approximate surface area is 165 Å². The van der Waals surface area contributed by atoms with Crippen LogP contribution in [0.15, 0.2) is 22.5 Å². The summed E-state index contributed by atoms with van der Waals surface area (Å²) in [6, 6.07) is 0. The second-order valence-corrected chi connectivity index (χ2v) is 6.18. The SMILES string of the molecule is C=C(C)CNC(=NCC(=O)N(C)C)NCc1nc(C(F)(F)F)cs1.I. The fraction of sp³-hybridized carbons (Fsp3) is 0.500. The van der Waals surface area contributed by atoms with Crippen LogP contribution in [0.3, 0.4) is 0 Å². The molecule has 1 aromatic rings. The summed E-state index contributed by atoms with van der Waals surface area (Å²) in [4.78, 5) is 20.6. The number of likely N-dealkylation sites (N-methyl/N-ethyl adjacent to an activating group) is 1. The molecule has 0 unspecified atom stereocenters. The molecule has 0 saturated carbocycles. The van der Waals surface area contributed by atoms with Gasteiger partial charge in [0.1, 0.15) is 11.6 Å². The van der Waals surface area contributed by atoms with Crippen molar-refractivity contribution >= 4 is 47.2 Å². The van der Waals surface area contributed by atoms with Gasteiger partial charge in [-0.05, 0) is 6.92 Å². The normalized spacial score (nSPS) is 11.5. The quantitative estimate of drug-likeness (QED) is 0.278. The molecule has 25 heavy (non-hydrogen) atoms. The molecular weight excluding hydrogens is 470 g/mol. The number of hydrogen-bond donors (Lipinski definition) is 2. The first-order valence-corrected chi connectivity index (χ1v) is 7.86. The minimum atomic E-state index is -4.46. The first-order chi connectivity index (χ1) is 11.1. The lowest BCUT2D eigenvalue weighted by atomic mass is 10.3. The van der Waals surface area contributed by atoms with Gasteiger partial charge in [-0.25, -0.2) is 9.98 Å². The largest absolute Gasteiger partial charge is 0.434 e. The minimum Gasteiger partial charge on any atom is -0.353 e. The second kappa shape index (κ2) is 10.6. The van der Waals surface area contributed by atoms with Crippen molar-refractivity contribution in [2.24, 2.45) is 4.99 Å². The number of rotatable bonds is 6. The molecule has 0 fully saturated rings. The van der Waals surface area contributed by atoms with Gasteiger partial charge in [0, 0.05) is 26.0 Å². The average Bonchev–Trinajstić information content (AvgIpc) is 2.94. The lowest BCUT2D eigenvalue weighted by molar-refractivity contribution is -0.140. The van der Waals surface area contributed by atoms with E-state index < -0.39 is 11.9 Å². The number of thiazole rings is 1. The van der Waals surface area contributed by atoms with Gasteiger partial charge in [0.15, 0.2) is 11.7 Å². The number of carbonyl (C=O) groups excluding carboxylic acids is 1.